The Labute approximate surface area is 328 Å². The lowest BCUT2D eigenvalue weighted by Crippen LogP contribution is -2.53. The molecule has 7 heterocycles. The van der Waals surface area contributed by atoms with Crippen LogP contribution in [0.2, 0.25) is 0 Å². The van der Waals surface area contributed by atoms with Crippen molar-refractivity contribution in [3.05, 3.63) is 108 Å². The Morgan fingerprint density at radius 2 is 1.70 bits per heavy atom. The van der Waals surface area contributed by atoms with Crippen LogP contribution in [0, 0.1) is 30.4 Å². The molecular formula is C45H53F2N9. The van der Waals surface area contributed by atoms with Gasteiger partial charge in [-0.3, -0.25) is 14.6 Å². The minimum absolute atomic E-state index is 0.283. The van der Waals surface area contributed by atoms with Gasteiger partial charge in [0.15, 0.2) is 0 Å². The van der Waals surface area contributed by atoms with Crippen LogP contribution >= 0.6 is 0 Å². The van der Waals surface area contributed by atoms with Gasteiger partial charge >= 0.3 is 0 Å². The first-order valence-corrected chi connectivity index (χ1v) is 20.4. The third-order valence-corrected chi connectivity index (χ3v) is 12.7. The van der Waals surface area contributed by atoms with Gasteiger partial charge in [0.2, 0.25) is 5.95 Å². The predicted molar refractivity (Wildman–Crippen MR) is 220 cm³/mol. The Bertz CT molecular complexity index is 2270. The van der Waals surface area contributed by atoms with Gasteiger partial charge in [-0.05, 0) is 93.3 Å². The molecule has 0 aliphatic carbocycles. The van der Waals surface area contributed by atoms with Gasteiger partial charge < -0.3 is 19.7 Å². The van der Waals surface area contributed by atoms with E-state index >= 15 is 0 Å². The average molecular weight is 758 g/mol. The van der Waals surface area contributed by atoms with Gasteiger partial charge in [0.05, 0.1) is 22.9 Å². The molecule has 4 atom stereocenters. The van der Waals surface area contributed by atoms with Crippen LogP contribution < -0.4 is 10.2 Å². The molecule has 292 valence electrons. The van der Waals surface area contributed by atoms with Gasteiger partial charge in [0.1, 0.15) is 11.6 Å². The van der Waals surface area contributed by atoms with Crippen LogP contribution in [0.5, 0.6) is 0 Å². The number of pyridine rings is 1. The Morgan fingerprint density at radius 3 is 2.48 bits per heavy atom. The van der Waals surface area contributed by atoms with Gasteiger partial charge in [-0.1, -0.05) is 32.6 Å². The Hall–Kier alpha value is -5.03. The normalized spacial score (nSPS) is 23.1. The lowest BCUT2D eigenvalue weighted by Gasteiger charge is -2.44. The van der Waals surface area contributed by atoms with Crippen LogP contribution in [0.3, 0.4) is 0 Å². The molecule has 3 saturated heterocycles. The van der Waals surface area contributed by atoms with E-state index in [0.29, 0.717) is 23.7 Å². The first kappa shape index (κ1) is 36.6. The molecule has 3 aromatic heterocycles. The van der Waals surface area contributed by atoms with Crippen molar-refractivity contribution in [1.29, 1.82) is 0 Å². The number of rotatable bonds is 5. The van der Waals surface area contributed by atoms with Gasteiger partial charge in [-0.15, -0.1) is 0 Å². The summed E-state index contributed by atoms with van der Waals surface area (Å²) < 4.78 is 32.3. The lowest BCUT2D eigenvalue weighted by molar-refractivity contribution is 0.0815. The third kappa shape index (κ3) is 7.10. The number of aryl methyl sites for hydroxylation is 2. The van der Waals surface area contributed by atoms with Gasteiger partial charge in [0.25, 0.3) is 0 Å². The van der Waals surface area contributed by atoms with Crippen LogP contribution in [0.1, 0.15) is 68.0 Å². The smallest absolute Gasteiger partial charge is 0.208 e. The fourth-order valence-electron chi connectivity index (χ4n) is 9.94. The van der Waals surface area contributed by atoms with Crippen molar-refractivity contribution < 1.29 is 8.78 Å². The largest absolute Gasteiger partial charge is 0.371 e. The Morgan fingerprint density at radius 1 is 0.911 bits per heavy atom. The highest BCUT2D eigenvalue weighted by Crippen LogP contribution is 2.39. The minimum Gasteiger partial charge on any atom is -0.371 e. The molecular weight excluding hydrogens is 705 g/mol. The molecule has 0 spiro atoms. The Balaban J connectivity index is 0.923. The lowest BCUT2D eigenvalue weighted by atomic mass is 10.0. The monoisotopic (exact) mass is 757 g/mol. The number of nitrogens with zero attached hydrogens (tertiary/aromatic N) is 8. The third-order valence-electron chi connectivity index (χ3n) is 12.7. The maximum absolute atomic E-state index is 14.0. The van der Waals surface area contributed by atoms with Gasteiger partial charge in [-0.25, -0.2) is 13.8 Å². The molecule has 2 aromatic carbocycles. The molecule has 4 aliphatic rings. The number of hydrogen-bond donors (Lipinski definition) is 1. The first-order valence-electron chi connectivity index (χ1n) is 20.4. The fraction of sp³-hybridized carbons (Fsp3) is 0.444. The minimum atomic E-state index is -0.529. The molecule has 9 nitrogen and oxygen atoms in total. The van der Waals surface area contributed by atoms with E-state index in [2.05, 4.69) is 80.1 Å². The maximum Gasteiger partial charge on any atom is 0.208 e. The van der Waals surface area contributed by atoms with Crippen LogP contribution in [0.25, 0.3) is 28.0 Å². The summed E-state index contributed by atoms with van der Waals surface area (Å²) >= 11 is 0. The topological polar surface area (TPSA) is 70.3 Å². The molecule has 1 N–H and O–H groups in total. The van der Waals surface area contributed by atoms with E-state index in [1.54, 1.807) is 0 Å². The van der Waals surface area contributed by atoms with E-state index in [-0.39, 0.29) is 5.92 Å². The van der Waals surface area contributed by atoms with Crippen molar-refractivity contribution >= 4 is 28.4 Å². The second-order valence-electron chi connectivity index (χ2n) is 16.9. The summed E-state index contributed by atoms with van der Waals surface area (Å²) in [6, 6.07) is 15.6. The summed E-state index contributed by atoms with van der Waals surface area (Å²) in [7, 11) is 2.03. The number of piperazine rings is 1. The van der Waals surface area contributed by atoms with Crippen molar-refractivity contribution in [1.82, 2.24) is 34.1 Å². The number of imidazole rings is 1. The standard InChI is InChI=1S/C45H53F2N9/c1-28-8-6-7-9-43-40(22-48-52(43)5)42-18-34(16-29(2)49-42)30(3)50-45-51-41-13-10-32(17-44(41)55(45)23-28)24-53-26-37-11-12-38(27-53)56(37)31(4)33-14-15-54(25-33)39-20-35(46)19-36(47)21-39/h10,13,16-22,28,33,37-38H,3-4,6-9,11-12,14-15,23-27H2,1-2,5H3,(H,50,51)/t28-,33?,37?,38?/m1/s1. The number of benzene rings is 2. The van der Waals surface area contributed by atoms with E-state index < -0.39 is 11.6 Å². The number of anilines is 2. The second-order valence-corrected chi connectivity index (χ2v) is 16.9. The van der Waals surface area contributed by atoms with Crippen molar-refractivity contribution in [3.63, 3.8) is 0 Å². The summed E-state index contributed by atoms with van der Waals surface area (Å²) in [6.07, 6.45) is 9.54. The number of nitrogens with one attached hydrogen (secondary N) is 1. The van der Waals surface area contributed by atoms with Gasteiger partial charge in [-0.2, -0.15) is 5.10 Å². The van der Waals surface area contributed by atoms with Crippen molar-refractivity contribution in [2.45, 2.75) is 84.0 Å². The number of halogens is 2. The molecule has 3 fully saturated rings. The zero-order valence-corrected chi connectivity index (χ0v) is 32.9. The van der Waals surface area contributed by atoms with Crippen LogP contribution in [-0.4, -0.2) is 72.4 Å². The zero-order valence-electron chi connectivity index (χ0n) is 32.9. The first-order chi connectivity index (χ1) is 27.1. The zero-order chi connectivity index (χ0) is 38.7. The van der Waals surface area contributed by atoms with E-state index in [4.69, 9.17) is 9.97 Å². The van der Waals surface area contributed by atoms with Crippen LogP contribution in [0.4, 0.5) is 20.4 Å². The van der Waals surface area contributed by atoms with E-state index in [1.807, 2.05) is 24.9 Å². The summed E-state index contributed by atoms with van der Waals surface area (Å²) in [5.74, 6) is 0.507. The highest BCUT2D eigenvalue weighted by atomic mass is 19.1. The van der Waals surface area contributed by atoms with Crippen molar-refractivity contribution in [2.75, 3.05) is 36.4 Å². The molecule has 0 radical (unpaired) electrons. The van der Waals surface area contributed by atoms with Crippen LogP contribution in [0.15, 0.2) is 73.6 Å². The predicted octanol–water partition coefficient (Wildman–Crippen LogP) is 8.55. The average Bonchev–Trinajstić information content (AvgIpc) is 3.93. The summed E-state index contributed by atoms with van der Waals surface area (Å²) in [4.78, 5) is 17.4. The van der Waals surface area contributed by atoms with E-state index in [9.17, 15) is 8.78 Å². The maximum atomic E-state index is 14.0. The number of hydrogen-bond acceptors (Lipinski definition) is 7. The van der Waals surface area contributed by atoms with Crippen LogP contribution in [-0.2, 0) is 26.6 Å². The molecule has 4 bridgehead atoms. The number of likely N-dealkylation sites (tertiary alicyclic amines) is 1. The number of aromatic nitrogens is 5. The molecule has 0 saturated carbocycles. The molecule has 9 rings (SSSR count). The fourth-order valence-corrected chi connectivity index (χ4v) is 9.94. The molecule has 4 aliphatic heterocycles. The van der Waals surface area contributed by atoms with E-state index in [0.717, 1.165) is 135 Å². The molecule has 56 heavy (non-hydrogen) atoms. The second kappa shape index (κ2) is 14.8. The number of fused-ring (bicyclic) bond motifs is 9. The highest BCUT2D eigenvalue weighted by molar-refractivity contribution is 5.83. The summed E-state index contributed by atoms with van der Waals surface area (Å²) in [5.41, 5.74) is 11.2. The summed E-state index contributed by atoms with van der Waals surface area (Å²) in [6.45, 7) is 18.8. The van der Waals surface area contributed by atoms with E-state index in [1.165, 1.54) is 29.1 Å². The molecule has 0 amide bonds. The quantitative estimate of drug-likeness (QED) is 0.193. The van der Waals surface area contributed by atoms with Crippen molar-refractivity contribution in [2.24, 2.45) is 18.9 Å². The Kier molecular flexibility index (Phi) is 9.68. The SMILES string of the molecule is C=C1Nc2nc3ccc(CN4CC5CCC(C4)N5C(=C)C4CCN(c5cc(F)cc(F)c5)C4)cc3n2C[C@H](C)CCCCc2c(cnn2C)-c2cc1cc(C)n2. The molecule has 11 heteroatoms. The molecule has 3 unspecified atom stereocenters. The molecule has 5 aromatic rings. The highest BCUT2D eigenvalue weighted by Gasteiger charge is 2.42. The van der Waals surface area contributed by atoms with Gasteiger partial charge in [0, 0.05) is 110 Å². The van der Waals surface area contributed by atoms with Crippen molar-refractivity contribution in [3.8, 4) is 11.3 Å². The summed E-state index contributed by atoms with van der Waals surface area (Å²) in [5, 5.41) is 8.23.